The van der Waals surface area contributed by atoms with Crippen LogP contribution in [0.15, 0.2) is 54.6 Å². The molecule has 3 heteroatoms. The molecule has 0 aliphatic rings. The van der Waals surface area contributed by atoms with Gasteiger partial charge in [0.15, 0.2) is 0 Å². The van der Waals surface area contributed by atoms with E-state index in [4.69, 9.17) is 4.74 Å². The van der Waals surface area contributed by atoms with E-state index in [-0.39, 0.29) is 6.10 Å². The molecule has 0 saturated heterocycles. The molecule has 0 radical (unpaired) electrons. The predicted octanol–water partition coefficient (Wildman–Crippen LogP) is 3.48. The lowest BCUT2D eigenvalue weighted by Crippen LogP contribution is -2.25. The molecule has 0 saturated carbocycles. The number of benzene rings is 2. The monoisotopic (exact) mass is 284 g/mol. The van der Waals surface area contributed by atoms with E-state index < -0.39 is 0 Å². The van der Waals surface area contributed by atoms with Crippen LogP contribution in [-0.4, -0.2) is 27.2 Å². The lowest BCUT2D eigenvalue weighted by Gasteiger charge is -2.21. The Morgan fingerprint density at radius 1 is 1.05 bits per heavy atom. The molecule has 0 bridgehead atoms. The maximum Gasteiger partial charge on any atom is 0.136 e. The molecule has 0 fully saturated rings. The maximum atomic E-state index is 6.20. The molecule has 2 aromatic carbocycles. The fourth-order valence-corrected chi connectivity index (χ4v) is 2.17. The average molecular weight is 284 g/mol. The fraction of sp³-hybridized carbons (Fsp3) is 0.333. The summed E-state index contributed by atoms with van der Waals surface area (Å²) in [7, 11) is 4.07. The highest BCUT2D eigenvalue weighted by atomic mass is 16.5. The van der Waals surface area contributed by atoms with E-state index in [9.17, 15) is 0 Å². The molecule has 0 heterocycles. The number of likely N-dealkylation sites (N-methyl/N-ethyl adjacent to an activating group) is 1. The molecule has 112 valence electrons. The second-order valence-electron chi connectivity index (χ2n) is 5.22. The van der Waals surface area contributed by atoms with Crippen molar-refractivity contribution in [2.24, 2.45) is 0 Å². The van der Waals surface area contributed by atoms with Crippen LogP contribution in [0.3, 0.4) is 0 Å². The molecular weight excluding hydrogens is 260 g/mol. The summed E-state index contributed by atoms with van der Waals surface area (Å²) < 4.78 is 6.20. The topological polar surface area (TPSA) is 24.5 Å². The number of hydrogen-bond acceptors (Lipinski definition) is 3. The number of nitrogens with zero attached hydrogens (tertiary/aromatic N) is 1. The zero-order valence-electron chi connectivity index (χ0n) is 13.0. The number of rotatable bonds is 7. The third kappa shape index (κ3) is 4.50. The first-order valence-electron chi connectivity index (χ1n) is 7.40. The minimum Gasteiger partial charge on any atom is -0.484 e. The Balaban J connectivity index is 2.16. The molecule has 1 unspecified atom stereocenters. The Bertz CT molecular complexity index is 540. The first kappa shape index (κ1) is 15.4. The quantitative estimate of drug-likeness (QED) is 0.842. The van der Waals surface area contributed by atoms with Crippen LogP contribution in [0.2, 0.25) is 0 Å². The summed E-state index contributed by atoms with van der Waals surface area (Å²) in [4.78, 5) is 2.08. The molecule has 2 aromatic rings. The van der Waals surface area contributed by atoms with Gasteiger partial charge < -0.3 is 15.0 Å². The molecule has 0 aromatic heterocycles. The number of anilines is 1. The largest absolute Gasteiger partial charge is 0.484 e. The van der Waals surface area contributed by atoms with Gasteiger partial charge in [-0.05, 0) is 24.2 Å². The minimum atomic E-state index is 0.0172. The van der Waals surface area contributed by atoms with Gasteiger partial charge in [-0.1, -0.05) is 43.3 Å². The van der Waals surface area contributed by atoms with Gasteiger partial charge in [-0.3, -0.25) is 0 Å². The number of ether oxygens (including phenoxy) is 1. The smallest absolute Gasteiger partial charge is 0.136 e. The normalized spacial score (nSPS) is 12.0. The number of hydrogen-bond donors (Lipinski definition) is 1. The van der Waals surface area contributed by atoms with Crippen molar-refractivity contribution in [3.8, 4) is 5.75 Å². The van der Waals surface area contributed by atoms with E-state index in [2.05, 4.69) is 41.4 Å². The molecule has 1 atom stereocenters. The van der Waals surface area contributed by atoms with Crippen molar-refractivity contribution in [3.63, 3.8) is 0 Å². The molecule has 21 heavy (non-hydrogen) atoms. The van der Waals surface area contributed by atoms with E-state index in [0.717, 1.165) is 24.5 Å². The van der Waals surface area contributed by atoms with Crippen molar-refractivity contribution in [1.82, 2.24) is 5.32 Å². The highest BCUT2D eigenvalue weighted by Crippen LogP contribution is 2.25. The van der Waals surface area contributed by atoms with Gasteiger partial charge in [0.2, 0.25) is 0 Å². The Labute approximate surface area is 127 Å². The molecule has 1 N–H and O–H groups in total. The van der Waals surface area contributed by atoms with Crippen molar-refractivity contribution in [2.75, 3.05) is 32.1 Å². The zero-order valence-corrected chi connectivity index (χ0v) is 13.0. The summed E-state index contributed by atoms with van der Waals surface area (Å²) in [5.41, 5.74) is 2.33. The van der Waals surface area contributed by atoms with Gasteiger partial charge in [-0.2, -0.15) is 0 Å². The third-order valence-corrected chi connectivity index (χ3v) is 3.36. The van der Waals surface area contributed by atoms with Crippen molar-refractivity contribution in [2.45, 2.75) is 13.0 Å². The van der Waals surface area contributed by atoms with Gasteiger partial charge in [-0.25, -0.2) is 0 Å². The summed E-state index contributed by atoms with van der Waals surface area (Å²) in [6.07, 6.45) is 0.0172. The first-order chi connectivity index (χ1) is 10.2. The van der Waals surface area contributed by atoms with Crippen LogP contribution in [0.1, 0.15) is 18.6 Å². The molecule has 0 aliphatic carbocycles. The molecule has 3 nitrogen and oxygen atoms in total. The Kier molecular flexibility index (Phi) is 5.64. The van der Waals surface area contributed by atoms with Gasteiger partial charge in [0, 0.05) is 32.4 Å². The van der Waals surface area contributed by atoms with Crippen molar-refractivity contribution in [1.29, 1.82) is 0 Å². The van der Waals surface area contributed by atoms with E-state index in [1.165, 1.54) is 5.56 Å². The summed E-state index contributed by atoms with van der Waals surface area (Å²) in [6, 6.07) is 18.5. The highest BCUT2D eigenvalue weighted by Gasteiger charge is 2.13. The van der Waals surface area contributed by atoms with E-state index in [1.54, 1.807) is 0 Å². The summed E-state index contributed by atoms with van der Waals surface area (Å²) in [5, 5.41) is 3.37. The fourth-order valence-electron chi connectivity index (χ4n) is 2.17. The van der Waals surface area contributed by atoms with Crippen LogP contribution in [0.25, 0.3) is 0 Å². The lowest BCUT2D eigenvalue weighted by atomic mass is 10.1. The standard InChI is InChI=1S/C18H24N2O/c1-4-19-14-18(15-9-6-5-7-10-15)21-17-12-8-11-16(13-17)20(2)3/h5-13,18-19H,4,14H2,1-3H3. The van der Waals surface area contributed by atoms with Crippen LogP contribution in [0.5, 0.6) is 5.75 Å². The van der Waals surface area contributed by atoms with Crippen molar-refractivity contribution in [3.05, 3.63) is 60.2 Å². The Morgan fingerprint density at radius 2 is 1.81 bits per heavy atom. The van der Waals surface area contributed by atoms with Gasteiger partial charge in [0.25, 0.3) is 0 Å². The molecule has 0 aliphatic heterocycles. The second kappa shape index (κ2) is 7.70. The molecule has 0 amide bonds. The summed E-state index contributed by atoms with van der Waals surface area (Å²) >= 11 is 0. The van der Waals surface area contributed by atoms with Gasteiger partial charge in [0.1, 0.15) is 11.9 Å². The van der Waals surface area contributed by atoms with Gasteiger partial charge in [0.05, 0.1) is 0 Å². The Morgan fingerprint density at radius 3 is 2.48 bits per heavy atom. The molecular formula is C18H24N2O. The first-order valence-corrected chi connectivity index (χ1v) is 7.40. The van der Waals surface area contributed by atoms with Crippen molar-refractivity contribution >= 4 is 5.69 Å². The van der Waals surface area contributed by atoms with Crippen LogP contribution >= 0.6 is 0 Å². The highest BCUT2D eigenvalue weighted by molar-refractivity contribution is 5.49. The van der Waals surface area contributed by atoms with Crippen molar-refractivity contribution < 1.29 is 4.74 Å². The van der Waals surface area contributed by atoms with Crippen LogP contribution < -0.4 is 15.0 Å². The molecule has 0 spiro atoms. The van der Waals surface area contributed by atoms with Crippen LogP contribution in [-0.2, 0) is 0 Å². The van der Waals surface area contributed by atoms with E-state index in [1.807, 2.05) is 44.4 Å². The lowest BCUT2D eigenvalue weighted by molar-refractivity contribution is 0.202. The van der Waals surface area contributed by atoms with Crippen LogP contribution in [0.4, 0.5) is 5.69 Å². The number of nitrogens with one attached hydrogen (secondary N) is 1. The maximum absolute atomic E-state index is 6.20. The van der Waals surface area contributed by atoms with E-state index in [0.29, 0.717) is 0 Å². The third-order valence-electron chi connectivity index (χ3n) is 3.36. The second-order valence-corrected chi connectivity index (χ2v) is 5.22. The zero-order chi connectivity index (χ0) is 15.1. The van der Waals surface area contributed by atoms with Gasteiger partial charge >= 0.3 is 0 Å². The van der Waals surface area contributed by atoms with Gasteiger partial charge in [-0.15, -0.1) is 0 Å². The summed E-state index contributed by atoms with van der Waals surface area (Å²) in [5.74, 6) is 0.896. The predicted molar refractivity (Wildman–Crippen MR) is 89.1 cm³/mol. The molecule has 2 rings (SSSR count). The summed E-state index contributed by atoms with van der Waals surface area (Å²) in [6.45, 7) is 3.84. The SMILES string of the molecule is CCNCC(Oc1cccc(N(C)C)c1)c1ccccc1. The van der Waals surface area contributed by atoms with Crippen LogP contribution in [0, 0.1) is 0 Å². The average Bonchev–Trinajstić information content (AvgIpc) is 2.52. The Hall–Kier alpha value is -2.00. The minimum absolute atomic E-state index is 0.0172. The van der Waals surface area contributed by atoms with E-state index >= 15 is 0 Å².